The van der Waals surface area contributed by atoms with Gasteiger partial charge >= 0.3 is 0 Å². The number of aryl methyl sites for hydroxylation is 1. The fourth-order valence-electron chi connectivity index (χ4n) is 2.25. The van der Waals surface area contributed by atoms with Crippen LogP contribution in [0.5, 0.6) is 5.75 Å². The van der Waals surface area contributed by atoms with Gasteiger partial charge in [-0.3, -0.25) is 4.79 Å². The lowest BCUT2D eigenvalue weighted by Gasteiger charge is -2.15. The van der Waals surface area contributed by atoms with E-state index in [1.165, 1.54) is 7.11 Å². The zero-order valence-corrected chi connectivity index (χ0v) is 14.2. The average molecular weight is 334 g/mol. The van der Waals surface area contributed by atoms with Crippen molar-refractivity contribution in [3.63, 3.8) is 0 Å². The molecule has 1 N–H and O–H groups in total. The molecule has 2 aromatic carbocycles. The highest BCUT2D eigenvalue weighted by molar-refractivity contribution is 6.32. The molecule has 0 saturated heterocycles. The lowest BCUT2D eigenvalue weighted by molar-refractivity contribution is -0.130. The number of carbonyl (C=O) groups excluding carboxylic acids is 1. The molecule has 0 aliphatic carbocycles. The van der Waals surface area contributed by atoms with Crippen LogP contribution in [0.1, 0.15) is 22.8 Å². The van der Waals surface area contributed by atoms with Gasteiger partial charge in [-0.2, -0.15) is 0 Å². The van der Waals surface area contributed by atoms with Crippen molar-refractivity contribution in [2.45, 2.75) is 19.6 Å². The number of hydrogen-bond acceptors (Lipinski definition) is 3. The number of likely N-dealkylation sites (N-methyl/N-ethyl adjacent to an activating group) is 1. The Bertz CT molecular complexity index is 688. The number of hydrogen-bond donors (Lipinski definition) is 1. The summed E-state index contributed by atoms with van der Waals surface area (Å²) in [6.45, 7) is 2.34. The van der Waals surface area contributed by atoms with E-state index in [9.17, 15) is 4.79 Å². The largest absolute Gasteiger partial charge is 0.487 e. The third-order valence-corrected chi connectivity index (χ3v) is 3.77. The van der Waals surface area contributed by atoms with Crippen LogP contribution in [0, 0.1) is 6.92 Å². The van der Waals surface area contributed by atoms with Crippen molar-refractivity contribution < 1.29 is 14.3 Å². The van der Waals surface area contributed by atoms with Crippen molar-refractivity contribution in [1.29, 1.82) is 0 Å². The van der Waals surface area contributed by atoms with Crippen LogP contribution in [0.4, 0.5) is 0 Å². The molecule has 1 amide bonds. The molecular formula is C18H20ClNO3. The standard InChI is InChI=1S/C18H20ClNO3/c1-12-7-8-15(19)16(9-12)23-11-13-5-4-6-14(10-13)17(22-3)18(21)20-2/h4-10,17H,11H2,1-3H3,(H,20,21). The highest BCUT2D eigenvalue weighted by atomic mass is 35.5. The van der Waals surface area contributed by atoms with E-state index in [0.717, 1.165) is 16.7 Å². The highest BCUT2D eigenvalue weighted by Crippen LogP contribution is 2.26. The molecule has 2 aromatic rings. The second-order valence-electron chi connectivity index (χ2n) is 5.20. The smallest absolute Gasteiger partial charge is 0.253 e. The van der Waals surface area contributed by atoms with Gasteiger partial charge in [-0.05, 0) is 41.8 Å². The normalized spacial score (nSPS) is 11.8. The minimum atomic E-state index is -0.637. The Labute approximate surface area is 141 Å². The topological polar surface area (TPSA) is 47.6 Å². The van der Waals surface area contributed by atoms with E-state index in [-0.39, 0.29) is 5.91 Å². The van der Waals surface area contributed by atoms with E-state index >= 15 is 0 Å². The molecule has 1 atom stereocenters. The van der Waals surface area contributed by atoms with Gasteiger partial charge in [0, 0.05) is 14.2 Å². The van der Waals surface area contributed by atoms with Gasteiger partial charge in [0.05, 0.1) is 5.02 Å². The first-order valence-corrected chi connectivity index (χ1v) is 7.65. The summed E-state index contributed by atoms with van der Waals surface area (Å²) in [5, 5.41) is 3.17. The van der Waals surface area contributed by atoms with Gasteiger partial charge in [0.15, 0.2) is 6.10 Å². The first kappa shape index (κ1) is 17.3. The number of benzene rings is 2. The maximum absolute atomic E-state index is 11.8. The maximum atomic E-state index is 11.8. The Morgan fingerprint density at radius 3 is 2.74 bits per heavy atom. The summed E-state index contributed by atoms with van der Waals surface area (Å²) < 4.78 is 11.1. The molecule has 0 aliphatic heterocycles. The minimum Gasteiger partial charge on any atom is -0.487 e. The van der Waals surface area contributed by atoms with E-state index in [0.29, 0.717) is 17.4 Å². The average Bonchev–Trinajstić information content (AvgIpc) is 2.56. The molecule has 0 saturated carbocycles. The Morgan fingerprint density at radius 2 is 2.04 bits per heavy atom. The van der Waals surface area contributed by atoms with E-state index in [1.54, 1.807) is 7.05 Å². The minimum absolute atomic E-state index is 0.188. The Hall–Kier alpha value is -2.04. The van der Waals surface area contributed by atoms with Gasteiger partial charge in [-0.15, -0.1) is 0 Å². The van der Waals surface area contributed by atoms with Gasteiger partial charge in [0.1, 0.15) is 12.4 Å². The molecule has 23 heavy (non-hydrogen) atoms. The number of ether oxygens (including phenoxy) is 2. The second kappa shape index (κ2) is 7.99. The van der Waals surface area contributed by atoms with Crippen LogP contribution in [0.2, 0.25) is 5.02 Å². The highest BCUT2D eigenvalue weighted by Gasteiger charge is 2.18. The van der Waals surface area contributed by atoms with Crippen molar-refractivity contribution >= 4 is 17.5 Å². The molecule has 0 spiro atoms. The Balaban J connectivity index is 2.14. The number of amides is 1. The summed E-state index contributed by atoms with van der Waals surface area (Å²) >= 11 is 6.13. The van der Waals surface area contributed by atoms with Crippen LogP contribution < -0.4 is 10.1 Å². The van der Waals surface area contributed by atoms with E-state index in [1.807, 2.05) is 49.4 Å². The SMILES string of the molecule is CNC(=O)C(OC)c1cccc(COc2cc(C)ccc2Cl)c1. The predicted octanol–water partition coefficient (Wildman–Crippen LogP) is 3.66. The number of halogens is 1. The first-order chi connectivity index (χ1) is 11.0. The lowest BCUT2D eigenvalue weighted by Crippen LogP contribution is -2.27. The zero-order chi connectivity index (χ0) is 16.8. The third kappa shape index (κ3) is 4.47. The molecular weight excluding hydrogens is 314 g/mol. The molecule has 4 nitrogen and oxygen atoms in total. The van der Waals surface area contributed by atoms with Gasteiger partial charge in [-0.25, -0.2) is 0 Å². The molecule has 0 bridgehead atoms. The van der Waals surface area contributed by atoms with Crippen LogP contribution in [0.25, 0.3) is 0 Å². The number of rotatable bonds is 6. The summed E-state index contributed by atoms with van der Waals surface area (Å²) in [6, 6.07) is 13.2. The molecule has 1 unspecified atom stereocenters. The third-order valence-electron chi connectivity index (χ3n) is 3.46. The summed E-state index contributed by atoms with van der Waals surface area (Å²) in [5.41, 5.74) is 2.80. The Kier molecular flexibility index (Phi) is 6.02. The molecule has 0 aliphatic rings. The summed E-state index contributed by atoms with van der Waals surface area (Å²) in [7, 11) is 3.09. The van der Waals surface area contributed by atoms with Crippen LogP contribution in [-0.4, -0.2) is 20.1 Å². The van der Waals surface area contributed by atoms with Gasteiger partial charge < -0.3 is 14.8 Å². The summed E-state index contributed by atoms with van der Waals surface area (Å²) in [6.07, 6.45) is -0.637. The number of carbonyl (C=O) groups is 1. The van der Waals surface area contributed by atoms with Crippen molar-refractivity contribution in [3.05, 3.63) is 64.2 Å². The molecule has 5 heteroatoms. The van der Waals surface area contributed by atoms with E-state index in [4.69, 9.17) is 21.1 Å². The van der Waals surface area contributed by atoms with Gasteiger partial charge in [0.2, 0.25) is 0 Å². The van der Waals surface area contributed by atoms with Crippen molar-refractivity contribution in [1.82, 2.24) is 5.32 Å². The molecule has 122 valence electrons. The van der Waals surface area contributed by atoms with Crippen molar-refractivity contribution in [3.8, 4) is 5.75 Å². The quantitative estimate of drug-likeness (QED) is 0.877. The molecule has 0 fully saturated rings. The maximum Gasteiger partial charge on any atom is 0.253 e. The number of nitrogens with one attached hydrogen (secondary N) is 1. The van der Waals surface area contributed by atoms with Gasteiger partial charge in [-0.1, -0.05) is 35.9 Å². The van der Waals surface area contributed by atoms with Crippen LogP contribution >= 0.6 is 11.6 Å². The van der Waals surface area contributed by atoms with E-state index < -0.39 is 6.10 Å². The molecule has 0 heterocycles. The zero-order valence-electron chi connectivity index (χ0n) is 13.4. The van der Waals surface area contributed by atoms with Crippen molar-refractivity contribution in [2.75, 3.05) is 14.2 Å². The van der Waals surface area contributed by atoms with Gasteiger partial charge in [0.25, 0.3) is 5.91 Å². The fourth-order valence-corrected chi connectivity index (χ4v) is 2.43. The van der Waals surface area contributed by atoms with Crippen LogP contribution in [0.15, 0.2) is 42.5 Å². The predicted molar refractivity (Wildman–Crippen MR) is 90.8 cm³/mol. The molecule has 0 aromatic heterocycles. The summed E-state index contributed by atoms with van der Waals surface area (Å²) in [5.74, 6) is 0.457. The lowest BCUT2D eigenvalue weighted by atomic mass is 10.1. The second-order valence-corrected chi connectivity index (χ2v) is 5.60. The monoisotopic (exact) mass is 333 g/mol. The molecule has 2 rings (SSSR count). The fraction of sp³-hybridized carbons (Fsp3) is 0.278. The first-order valence-electron chi connectivity index (χ1n) is 7.27. The van der Waals surface area contributed by atoms with Crippen molar-refractivity contribution in [2.24, 2.45) is 0 Å². The molecule has 0 radical (unpaired) electrons. The summed E-state index contributed by atoms with van der Waals surface area (Å²) in [4.78, 5) is 11.8. The van der Waals surface area contributed by atoms with E-state index in [2.05, 4.69) is 5.32 Å². The van der Waals surface area contributed by atoms with Crippen LogP contribution in [0.3, 0.4) is 0 Å². The number of methoxy groups -OCH3 is 1. The Morgan fingerprint density at radius 1 is 1.26 bits per heavy atom. The van der Waals surface area contributed by atoms with Crippen LogP contribution in [-0.2, 0) is 16.1 Å².